The predicted octanol–water partition coefficient (Wildman–Crippen LogP) is 2.18. The molecule has 52 valence electrons. The molecule has 9 heavy (non-hydrogen) atoms. The maximum Gasteiger partial charge on any atom is 0.158 e. The van der Waals surface area contributed by atoms with Crippen molar-refractivity contribution in [3.8, 4) is 0 Å². The summed E-state index contributed by atoms with van der Waals surface area (Å²) in [6, 6.07) is 0. The molecular weight excluding hydrogens is 112 g/mol. The van der Waals surface area contributed by atoms with E-state index in [0.29, 0.717) is 0 Å². The summed E-state index contributed by atoms with van der Waals surface area (Å²) < 4.78 is 0. The lowest BCUT2D eigenvalue weighted by Crippen LogP contribution is -2.05. The average Bonchev–Trinajstić information content (AvgIpc) is 1.87. The molecule has 0 saturated heterocycles. The highest BCUT2D eigenvalue weighted by Gasteiger charge is 2.04. The Morgan fingerprint density at radius 2 is 2.22 bits per heavy atom. The Bertz CT molecular complexity index is 114. The van der Waals surface area contributed by atoms with Gasteiger partial charge in [-0.3, -0.25) is 4.79 Å². The van der Waals surface area contributed by atoms with Gasteiger partial charge in [-0.2, -0.15) is 0 Å². The fourth-order valence-corrected chi connectivity index (χ4v) is 0.530. The Labute approximate surface area is 56.8 Å². The second-order valence-corrected chi connectivity index (χ2v) is 2.21. The van der Waals surface area contributed by atoms with Crippen molar-refractivity contribution in [1.82, 2.24) is 0 Å². The topological polar surface area (TPSA) is 17.1 Å². The molecule has 1 atom stereocenters. The molecule has 0 heterocycles. The van der Waals surface area contributed by atoms with Crippen LogP contribution in [-0.2, 0) is 4.79 Å². The Morgan fingerprint density at radius 1 is 1.67 bits per heavy atom. The van der Waals surface area contributed by atoms with Crippen molar-refractivity contribution in [3.05, 3.63) is 12.2 Å². The molecule has 0 fully saturated rings. The quantitative estimate of drug-likeness (QED) is 0.530. The van der Waals surface area contributed by atoms with Crippen LogP contribution in [-0.4, -0.2) is 5.78 Å². The highest BCUT2D eigenvalue weighted by Crippen LogP contribution is 2.01. The average molecular weight is 126 g/mol. The second kappa shape index (κ2) is 4.30. The lowest BCUT2D eigenvalue weighted by atomic mass is 10.0. The van der Waals surface area contributed by atoms with Crippen LogP contribution in [0.25, 0.3) is 0 Å². The third kappa shape index (κ3) is 3.07. The first-order valence-electron chi connectivity index (χ1n) is 3.38. The van der Waals surface area contributed by atoms with Gasteiger partial charge < -0.3 is 0 Å². The van der Waals surface area contributed by atoms with Crippen LogP contribution < -0.4 is 0 Å². The van der Waals surface area contributed by atoms with Crippen LogP contribution in [0.15, 0.2) is 12.2 Å². The first-order valence-corrected chi connectivity index (χ1v) is 3.38. The van der Waals surface area contributed by atoms with Crippen molar-refractivity contribution in [1.29, 1.82) is 0 Å². The predicted molar refractivity (Wildman–Crippen MR) is 39.3 cm³/mol. The molecule has 0 aromatic carbocycles. The van der Waals surface area contributed by atoms with Crippen molar-refractivity contribution < 1.29 is 4.79 Å². The van der Waals surface area contributed by atoms with E-state index in [4.69, 9.17) is 0 Å². The number of carbonyl (C=O) groups excluding carboxylic acids is 1. The fraction of sp³-hybridized carbons (Fsp3) is 0.625. The molecule has 0 aromatic rings. The van der Waals surface area contributed by atoms with Gasteiger partial charge >= 0.3 is 0 Å². The summed E-state index contributed by atoms with van der Waals surface area (Å²) in [7, 11) is 0. The number of hydrogen-bond donors (Lipinski definition) is 0. The zero-order chi connectivity index (χ0) is 7.28. The zero-order valence-electron chi connectivity index (χ0n) is 6.35. The third-order valence-electron chi connectivity index (χ3n) is 1.43. The van der Waals surface area contributed by atoms with Crippen molar-refractivity contribution in [2.24, 2.45) is 5.92 Å². The van der Waals surface area contributed by atoms with Crippen molar-refractivity contribution in [2.75, 3.05) is 0 Å². The summed E-state index contributed by atoms with van der Waals surface area (Å²) in [6.07, 6.45) is 4.35. The molecule has 1 unspecified atom stereocenters. The molecule has 1 nitrogen and oxygen atoms in total. The van der Waals surface area contributed by atoms with Gasteiger partial charge in [-0.25, -0.2) is 0 Å². The summed E-state index contributed by atoms with van der Waals surface area (Å²) in [5.41, 5.74) is 0. The molecule has 0 spiro atoms. The maximum atomic E-state index is 10.9. The van der Waals surface area contributed by atoms with Gasteiger partial charge in [0, 0.05) is 5.92 Å². The Morgan fingerprint density at radius 3 is 2.56 bits per heavy atom. The summed E-state index contributed by atoms with van der Waals surface area (Å²) in [5.74, 6) is 0.432. The molecule has 0 aliphatic rings. The standard InChI is InChI=1S/C8H14O/c1-4-6-8(9)7(3)5-2/h4,6-7H,5H2,1-3H3. The lowest BCUT2D eigenvalue weighted by molar-refractivity contribution is -0.117. The van der Waals surface area contributed by atoms with Crippen LogP contribution in [0.5, 0.6) is 0 Å². The number of hydrogen-bond acceptors (Lipinski definition) is 1. The highest BCUT2D eigenvalue weighted by molar-refractivity contribution is 5.91. The van der Waals surface area contributed by atoms with Crippen LogP contribution in [0.3, 0.4) is 0 Å². The molecule has 0 amide bonds. The highest BCUT2D eigenvalue weighted by atomic mass is 16.1. The first kappa shape index (κ1) is 8.41. The fourth-order valence-electron chi connectivity index (χ4n) is 0.530. The Kier molecular flexibility index (Phi) is 4.02. The largest absolute Gasteiger partial charge is 0.295 e. The number of rotatable bonds is 3. The molecule has 0 bridgehead atoms. The van der Waals surface area contributed by atoms with E-state index in [1.807, 2.05) is 20.8 Å². The smallest absolute Gasteiger partial charge is 0.158 e. The molecule has 0 aliphatic heterocycles. The summed E-state index contributed by atoms with van der Waals surface area (Å²) in [4.78, 5) is 10.9. The second-order valence-electron chi connectivity index (χ2n) is 2.21. The van der Waals surface area contributed by atoms with Crippen LogP contribution in [0.2, 0.25) is 0 Å². The normalized spacial score (nSPS) is 14.1. The first-order chi connectivity index (χ1) is 4.22. The van der Waals surface area contributed by atoms with Crippen LogP contribution in [0.4, 0.5) is 0 Å². The van der Waals surface area contributed by atoms with Gasteiger partial charge in [0.2, 0.25) is 0 Å². The van der Waals surface area contributed by atoms with Gasteiger partial charge in [0.15, 0.2) is 5.78 Å². The molecule has 0 saturated carbocycles. The van der Waals surface area contributed by atoms with E-state index in [-0.39, 0.29) is 11.7 Å². The summed E-state index contributed by atoms with van der Waals surface area (Å²) in [6.45, 7) is 5.83. The molecule has 0 N–H and O–H groups in total. The van der Waals surface area contributed by atoms with E-state index in [1.54, 1.807) is 12.2 Å². The minimum absolute atomic E-state index is 0.196. The van der Waals surface area contributed by atoms with Crippen molar-refractivity contribution in [2.45, 2.75) is 27.2 Å². The van der Waals surface area contributed by atoms with E-state index < -0.39 is 0 Å². The van der Waals surface area contributed by atoms with Gasteiger partial charge in [0.25, 0.3) is 0 Å². The van der Waals surface area contributed by atoms with Crippen molar-refractivity contribution in [3.63, 3.8) is 0 Å². The Hall–Kier alpha value is -0.590. The van der Waals surface area contributed by atoms with E-state index in [1.165, 1.54) is 0 Å². The number of allylic oxidation sites excluding steroid dienone is 2. The van der Waals surface area contributed by atoms with Gasteiger partial charge in [0.1, 0.15) is 0 Å². The van der Waals surface area contributed by atoms with Crippen LogP contribution in [0.1, 0.15) is 27.2 Å². The molecule has 0 rings (SSSR count). The van der Waals surface area contributed by atoms with Gasteiger partial charge in [-0.1, -0.05) is 19.9 Å². The van der Waals surface area contributed by atoms with Gasteiger partial charge in [-0.05, 0) is 19.4 Å². The van der Waals surface area contributed by atoms with Gasteiger partial charge in [-0.15, -0.1) is 0 Å². The third-order valence-corrected chi connectivity index (χ3v) is 1.43. The van der Waals surface area contributed by atoms with E-state index >= 15 is 0 Å². The van der Waals surface area contributed by atoms with E-state index in [2.05, 4.69) is 0 Å². The SMILES string of the molecule is CC=CC(=O)C(C)CC. The molecule has 0 radical (unpaired) electrons. The maximum absolute atomic E-state index is 10.9. The van der Waals surface area contributed by atoms with Gasteiger partial charge in [0.05, 0.1) is 0 Å². The minimum Gasteiger partial charge on any atom is -0.295 e. The summed E-state index contributed by atoms with van der Waals surface area (Å²) >= 11 is 0. The number of carbonyl (C=O) groups is 1. The minimum atomic E-state index is 0.196. The molecule has 0 aliphatic carbocycles. The lowest BCUT2D eigenvalue weighted by Gasteiger charge is -2.00. The van der Waals surface area contributed by atoms with Crippen molar-refractivity contribution >= 4 is 5.78 Å². The number of ketones is 1. The molecule has 1 heteroatoms. The Balaban J connectivity index is 3.73. The van der Waals surface area contributed by atoms with E-state index in [0.717, 1.165) is 6.42 Å². The monoisotopic (exact) mass is 126 g/mol. The summed E-state index contributed by atoms with van der Waals surface area (Å²) in [5, 5.41) is 0. The zero-order valence-corrected chi connectivity index (χ0v) is 6.35. The van der Waals surface area contributed by atoms with Crippen LogP contribution >= 0.6 is 0 Å². The molecular formula is C8H14O. The van der Waals surface area contributed by atoms with E-state index in [9.17, 15) is 4.79 Å². The van der Waals surface area contributed by atoms with Crippen LogP contribution in [0, 0.1) is 5.92 Å². The molecule has 0 aromatic heterocycles.